The van der Waals surface area contributed by atoms with Crippen LogP contribution in [0.5, 0.6) is 0 Å². The summed E-state index contributed by atoms with van der Waals surface area (Å²) in [6.45, 7) is 1.31. The van der Waals surface area contributed by atoms with Crippen molar-refractivity contribution in [3.8, 4) is 6.07 Å². The second-order valence-electron chi connectivity index (χ2n) is 5.27. The Morgan fingerprint density at radius 2 is 2.18 bits per heavy atom. The van der Waals surface area contributed by atoms with E-state index in [0.717, 1.165) is 11.9 Å². The third-order valence-corrected chi connectivity index (χ3v) is 4.25. The second-order valence-corrected chi connectivity index (χ2v) is 6.06. The van der Waals surface area contributed by atoms with E-state index in [0.29, 0.717) is 27.5 Å². The molecule has 0 aliphatic rings. The molecule has 112 valence electrons. The first-order valence-electron chi connectivity index (χ1n) is 6.67. The number of furan rings is 1. The summed E-state index contributed by atoms with van der Waals surface area (Å²) in [4.78, 5) is 19.0. The van der Waals surface area contributed by atoms with Crippen LogP contribution in [0.3, 0.4) is 0 Å². The highest BCUT2D eigenvalue weighted by Gasteiger charge is 2.14. The van der Waals surface area contributed by atoms with E-state index in [1.807, 2.05) is 25.1 Å². The minimum Gasteiger partial charge on any atom is -0.446 e. The number of fused-ring (bicyclic) bond motifs is 2. The summed E-state index contributed by atoms with van der Waals surface area (Å²) in [7, 11) is 3.90. The van der Waals surface area contributed by atoms with Crippen molar-refractivity contribution in [3.63, 3.8) is 0 Å². The molecule has 0 atom stereocenters. The number of nitriles is 1. The van der Waals surface area contributed by atoms with E-state index < -0.39 is 0 Å². The van der Waals surface area contributed by atoms with E-state index in [4.69, 9.17) is 9.68 Å². The van der Waals surface area contributed by atoms with Crippen molar-refractivity contribution in [2.75, 3.05) is 20.6 Å². The van der Waals surface area contributed by atoms with Gasteiger partial charge in [-0.25, -0.2) is 4.98 Å². The van der Waals surface area contributed by atoms with Gasteiger partial charge in [0.15, 0.2) is 0 Å². The Bertz CT molecular complexity index is 965. The van der Waals surface area contributed by atoms with Gasteiger partial charge >= 0.3 is 0 Å². The lowest BCUT2D eigenvalue weighted by Gasteiger charge is -2.11. The van der Waals surface area contributed by atoms with Gasteiger partial charge < -0.3 is 9.32 Å². The van der Waals surface area contributed by atoms with Crippen molar-refractivity contribution in [2.45, 2.75) is 6.54 Å². The Balaban J connectivity index is 2.24. The highest BCUT2D eigenvalue weighted by atomic mass is 79.9. The molecule has 0 bridgehead atoms. The number of nitrogens with zero attached hydrogens (tertiary/aromatic N) is 4. The first kappa shape index (κ1) is 14.8. The fourth-order valence-corrected chi connectivity index (χ4v) is 2.90. The van der Waals surface area contributed by atoms with Crippen molar-refractivity contribution in [1.29, 1.82) is 5.26 Å². The summed E-state index contributed by atoms with van der Waals surface area (Å²) < 4.78 is 7.67. The molecule has 0 unspecified atom stereocenters. The molecule has 1 aromatic carbocycles. The zero-order chi connectivity index (χ0) is 15.9. The molecule has 0 saturated carbocycles. The van der Waals surface area contributed by atoms with Crippen LogP contribution in [0, 0.1) is 11.3 Å². The number of hydrogen-bond donors (Lipinski definition) is 0. The van der Waals surface area contributed by atoms with Gasteiger partial charge in [0.25, 0.3) is 5.56 Å². The number of aromatic nitrogens is 2. The van der Waals surface area contributed by atoms with Gasteiger partial charge in [0, 0.05) is 24.5 Å². The minimum absolute atomic E-state index is 0.121. The molecule has 2 aromatic heterocycles. The van der Waals surface area contributed by atoms with Gasteiger partial charge in [-0.2, -0.15) is 5.26 Å². The van der Waals surface area contributed by atoms with Gasteiger partial charge in [0.2, 0.25) is 5.76 Å². The van der Waals surface area contributed by atoms with Crippen molar-refractivity contribution < 1.29 is 4.42 Å². The van der Waals surface area contributed by atoms with Crippen molar-refractivity contribution in [1.82, 2.24) is 14.5 Å². The molecule has 0 spiro atoms. The van der Waals surface area contributed by atoms with Gasteiger partial charge in [-0.1, -0.05) is 0 Å². The zero-order valence-corrected chi connectivity index (χ0v) is 13.7. The highest BCUT2D eigenvalue weighted by molar-refractivity contribution is 9.10. The van der Waals surface area contributed by atoms with Crippen LogP contribution < -0.4 is 5.56 Å². The molecule has 0 amide bonds. The Kier molecular flexibility index (Phi) is 3.72. The molecule has 0 aliphatic carbocycles. The third-order valence-electron chi connectivity index (χ3n) is 3.45. The fourth-order valence-electron chi connectivity index (χ4n) is 2.28. The number of benzene rings is 1. The predicted molar refractivity (Wildman–Crippen MR) is 86.7 cm³/mol. The van der Waals surface area contributed by atoms with E-state index in [1.54, 1.807) is 23.0 Å². The average molecular weight is 361 g/mol. The number of rotatable bonds is 3. The van der Waals surface area contributed by atoms with Crippen LogP contribution in [0.15, 0.2) is 32.1 Å². The first-order valence-corrected chi connectivity index (χ1v) is 7.46. The maximum absolute atomic E-state index is 12.6. The summed E-state index contributed by atoms with van der Waals surface area (Å²) in [5.74, 6) is 0.207. The van der Waals surface area contributed by atoms with Crippen LogP contribution in [0.1, 0.15) is 5.76 Å². The molecule has 7 heteroatoms. The van der Waals surface area contributed by atoms with E-state index >= 15 is 0 Å². The van der Waals surface area contributed by atoms with Gasteiger partial charge in [-0.3, -0.25) is 9.36 Å². The standard InChI is InChI=1S/C15H13BrN4O2/c1-19(2)3-4-20-8-18-14-11(15(20)21)6-12-10(13(14)16)5-9(7-17)22-12/h5-6,8H,3-4H2,1-2H3. The van der Waals surface area contributed by atoms with E-state index in [9.17, 15) is 4.79 Å². The maximum Gasteiger partial charge on any atom is 0.261 e. The zero-order valence-electron chi connectivity index (χ0n) is 12.1. The SMILES string of the molecule is CN(C)CCn1cnc2c(Br)c3cc(C#N)oc3cc2c1=O. The first-order chi connectivity index (χ1) is 10.5. The van der Waals surface area contributed by atoms with Crippen molar-refractivity contribution in [2.24, 2.45) is 0 Å². The molecular weight excluding hydrogens is 348 g/mol. The number of halogens is 1. The van der Waals surface area contributed by atoms with Crippen molar-refractivity contribution in [3.05, 3.63) is 39.0 Å². The lowest BCUT2D eigenvalue weighted by atomic mass is 10.2. The highest BCUT2D eigenvalue weighted by Crippen LogP contribution is 2.32. The van der Waals surface area contributed by atoms with Crippen LogP contribution in [0.4, 0.5) is 0 Å². The van der Waals surface area contributed by atoms with Crippen LogP contribution in [0.25, 0.3) is 21.9 Å². The Labute approximate surface area is 134 Å². The monoisotopic (exact) mass is 360 g/mol. The van der Waals surface area contributed by atoms with Crippen LogP contribution in [-0.4, -0.2) is 35.1 Å². The molecule has 0 fully saturated rings. The molecule has 3 aromatic rings. The summed E-state index contributed by atoms with van der Waals surface area (Å²) in [6.07, 6.45) is 1.55. The number of hydrogen-bond acceptors (Lipinski definition) is 5. The summed E-state index contributed by atoms with van der Waals surface area (Å²) in [5.41, 5.74) is 0.952. The quantitative estimate of drug-likeness (QED) is 0.716. The number of likely N-dealkylation sites (N-methyl/N-ethyl adjacent to an activating group) is 1. The predicted octanol–water partition coefficient (Wildman–Crippen LogP) is 2.34. The minimum atomic E-state index is -0.121. The molecule has 0 radical (unpaired) electrons. The molecular formula is C15H13BrN4O2. The molecule has 0 N–H and O–H groups in total. The molecule has 0 aliphatic heterocycles. The van der Waals surface area contributed by atoms with Crippen LogP contribution >= 0.6 is 15.9 Å². The van der Waals surface area contributed by atoms with Gasteiger partial charge in [0.05, 0.1) is 21.7 Å². The topological polar surface area (TPSA) is 75.1 Å². The largest absolute Gasteiger partial charge is 0.446 e. The average Bonchev–Trinajstić information content (AvgIpc) is 2.91. The molecule has 6 nitrogen and oxygen atoms in total. The molecule has 2 heterocycles. The van der Waals surface area contributed by atoms with E-state index in [1.165, 1.54) is 0 Å². The third kappa shape index (κ3) is 2.40. The maximum atomic E-state index is 12.6. The summed E-state index contributed by atoms with van der Waals surface area (Å²) >= 11 is 3.46. The fraction of sp³-hybridized carbons (Fsp3) is 0.267. The Hall–Kier alpha value is -2.17. The molecule has 0 saturated heterocycles. The smallest absolute Gasteiger partial charge is 0.261 e. The normalized spacial score (nSPS) is 11.4. The van der Waals surface area contributed by atoms with Crippen LogP contribution in [0.2, 0.25) is 0 Å². The second kappa shape index (κ2) is 5.55. The summed E-state index contributed by atoms with van der Waals surface area (Å²) in [5, 5.41) is 10.2. The van der Waals surface area contributed by atoms with Gasteiger partial charge in [-0.05, 0) is 36.1 Å². The van der Waals surface area contributed by atoms with Crippen molar-refractivity contribution >= 4 is 37.8 Å². The van der Waals surface area contributed by atoms with Crippen LogP contribution in [-0.2, 0) is 6.54 Å². The molecule has 3 rings (SSSR count). The van der Waals surface area contributed by atoms with E-state index in [-0.39, 0.29) is 11.3 Å². The lowest BCUT2D eigenvalue weighted by molar-refractivity contribution is 0.380. The summed E-state index contributed by atoms with van der Waals surface area (Å²) in [6, 6.07) is 5.25. The van der Waals surface area contributed by atoms with Gasteiger partial charge in [0.1, 0.15) is 11.7 Å². The van der Waals surface area contributed by atoms with Gasteiger partial charge in [-0.15, -0.1) is 0 Å². The van der Waals surface area contributed by atoms with E-state index in [2.05, 4.69) is 20.9 Å². The Morgan fingerprint density at radius 1 is 1.41 bits per heavy atom. The Morgan fingerprint density at radius 3 is 2.86 bits per heavy atom. The lowest BCUT2D eigenvalue weighted by Crippen LogP contribution is -2.26. The molecule has 22 heavy (non-hydrogen) atoms.